The third-order valence-electron chi connectivity index (χ3n) is 5.20. The molecule has 0 saturated carbocycles. The summed E-state index contributed by atoms with van der Waals surface area (Å²) in [5, 5.41) is 3.11. The van der Waals surface area contributed by atoms with E-state index in [1.54, 1.807) is 14.2 Å². The molecule has 0 aromatic heterocycles. The van der Waals surface area contributed by atoms with E-state index in [4.69, 9.17) is 9.47 Å². The van der Waals surface area contributed by atoms with Crippen molar-refractivity contribution in [3.8, 4) is 11.5 Å². The van der Waals surface area contributed by atoms with Crippen LogP contribution in [-0.2, 0) is 11.2 Å². The number of amides is 1. The van der Waals surface area contributed by atoms with Gasteiger partial charge in [-0.3, -0.25) is 4.79 Å². The van der Waals surface area contributed by atoms with Crippen LogP contribution < -0.4 is 14.8 Å². The molecule has 28 heavy (non-hydrogen) atoms. The number of nitrogens with one attached hydrogen (secondary N) is 1. The molecule has 2 atom stereocenters. The minimum Gasteiger partial charge on any atom is -0.493 e. The lowest BCUT2D eigenvalue weighted by atomic mass is 9.87. The molecule has 0 bridgehead atoms. The van der Waals surface area contributed by atoms with Gasteiger partial charge in [-0.2, -0.15) is 0 Å². The van der Waals surface area contributed by atoms with E-state index >= 15 is 0 Å². The van der Waals surface area contributed by atoms with Crippen molar-refractivity contribution in [1.82, 2.24) is 10.2 Å². The van der Waals surface area contributed by atoms with E-state index in [2.05, 4.69) is 17.4 Å². The molecule has 5 nitrogen and oxygen atoms in total. The lowest BCUT2D eigenvalue weighted by Gasteiger charge is -2.39. The largest absolute Gasteiger partial charge is 0.493 e. The predicted octanol–water partition coefficient (Wildman–Crippen LogP) is 3.46. The second kappa shape index (κ2) is 9.80. The first-order chi connectivity index (χ1) is 13.1. The van der Waals surface area contributed by atoms with E-state index in [9.17, 15) is 4.79 Å². The number of carbonyl (C=O) groups excluding carboxylic acids is 1. The maximum Gasteiger partial charge on any atom is 0.227 e. The van der Waals surface area contributed by atoms with Crippen molar-refractivity contribution in [3.63, 3.8) is 0 Å². The van der Waals surface area contributed by atoms with E-state index in [1.807, 2.05) is 49.2 Å². The molecule has 0 aliphatic carbocycles. The molecule has 0 fully saturated rings. The van der Waals surface area contributed by atoms with Crippen molar-refractivity contribution in [2.24, 2.45) is 5.92 Å². The molecule has 2 unspecified atom stereocenters. The molecule has 3 rings (SSSR count). The molecule has 1 aliphatic rings. The Balaban J connectivity index is 0.00000280. The Hall–Kier alpha value is -2.24. The third-order valence-corrected chi connectivity index (χ3v) is 5.20. The van der Waals surface area contributed by atoms with Gasteiger partial charge in [0.05, 0.1) is 20.3 Å². The summed E-state index contributed by atoms with van der Waals surface area (Å²) in [5.74, 6) is 1.50. The van der Waals surface area contributed by atoms with Crippen molar-refractivity contribution < 1.29 is 14.3 Å². The zero-order valence-corrected chi connectivity index (χ0v) is 17.7. The average Bonchev–Trinajstić information content (AvgIpc) is 2.72. The van der Waals surface area contributed by atoms with E-state index in [0.29, 0.717) is 18.8 Å². The maximum atomic E-state index is 13.2. The quantitative estimate of drug-likeness (QED) is 0.801. The molecule has 2 aromatic carbocycles. The Kier molecular flexibility index (Phi) is 7.72. The zero-order valence-electron chi connectivity index (χ0n) is 16.9. The van der Waals surface area contributed by atoms with Gasteiger partial charge in [-0.05, 0) is 42.3 Å². The number of ether oxygens (including phenoxy) is 2. The fourth-order valence-corrected chi connectivity index (χ4v) is 3.85. The van der Waals surface area contributed by atoms with Crippen molar-refractivity contribution in [3.05, 3.63) is 59.2 Å². The fourth-order valence-electron chi connectivity index (χ4n) is 3.85. The van der Waals surface area contributed by atoms with Gasteiger partial charge in [0, 0.05) is 19.0 Å². The van der Waals surface area contributed by atoms with E-state index in [-0.39, 0.29) is 30.3 Å². The molecule has 1 aliphatic heterocycles. The number of rotatable bonds is 6. The molecule has 1 N–H and O–H groups in total. The summed E-state index contributed by atoms with van der Waals surface area (Å²) in [5.41, 5.74) is 3.41. The van der Waals surface area contributed by atoms with Crippen LogP contribution in [0, 0.1) is 5.92 Å². The predicted molar refractivity (Wildman–Crippen MR) is 114 cm³/mol. The normalized spacial score (nSPS) is 16.6. The molecular weight excluding hydrogens is 376 g/mol. The first-order valence-corrected chi connectivity index (χ1v) is 9.35. The summed E-state index contributed by atoms with van der Waals surface area (Å²) in [6.07, 6.45) is 0.803. The van der Waals surface area contributed by atoms with E-state index in [0.717, 1.165) is 23.3 Å². The van der Waals surface area contributed by atoms with Gasteiger partial charge in [0.1, 0.15) is 0 Å². The molecule has 0 spiro atoms. The highest BCUT2D eigenvalue weighted by Crippen LogP contribution is 2.41. The van der Waals surface area contributed by atoms with Crippen LogP contribution in [0.4, 0.5) is 0 Å². The Morgan fingerprint density at radius 3 is 2.43 bits per heavy atom. The third kappa shape index (κ3) is 4.26. The minimum atomic E-state index is -0.124. The Morgan fingerprint density at radius 1 is 1.18 bits per heavy atom. The zero-order chi connectivity index (χ0) is 19.4. The molecule has 6 heteroatoms. The minimum absolute atomic E-state index is 0. The van der Waals surface area contributed by atoms with Crippen molar-refractivity contribution in [2.45, 2.75) is 19.4 Å². The summed E-state index contributed by atoms with van der Waals surface area (Å²) < 4.78 is 11.0. The summed E-state index contributed by atoms with van der Waals surface area (Å²) in [7, 11) is 5.17. The summed E-state index contributed by atoms with van der Waals surface area (Å²) in [6, 6.07) is 14.1. The van der Waals surface area contributed by atoms with Crippen molar-refractivity contribution >= 4 is 18.3 Å². The standard InChI is InChI=1S/C22H28N2O3.ClH/c1-15(14-23-2)22(25)24-11-10-17-12-19(26-3)20(27-4)13-18(17)21(24)16-8-6-5-7-9-16;/h5-9,12-13,15,21,23H,10-11,14H2,1-4H3;1H. The second-order valence-electron chi connectivity index (χ2n) is 6.96. The summed E-state index contributed by atoms with van der Waals surface area (Å²) >= 11 is 0. The molecule has 1 heterocycles. The van der Waals surface area contributed by atoms with Gasteiger partial charge in [0.15, 0.2) is 11.5 Å². The summed E-state index contributed by atoms with van der Waals surface area (Å²) in [4.78, 5) is 15.2. The van der Waals surface area contributed by atoms with Gasteiger partial charge >= 0.3 is 0 Å². The van der Waals surface area contributed by atoms with Crippen molar-refractivity contribution in [2.75, 3.05) is 34.4 Å². The van der Waals surface area contributed by atoms with Gasteiger partial charge in [-0.25, -0.2) is 0 Å². The number of benzene rings is 2. The molecular formula is C22H29ClN2O3. The smallest absolute Gasteiger partial charge is 0.227 e. The maximum absolute atomic E-state index is 13.2. The summed E-state index contributed by atoms with van der Waals surface area (Å²) in [6.45, 7) is 3.33. The first kappa shape index (κ1) is 22.1. The number of carbonyl (C=O) groups is 1. The second-order valence-corrected chi connectivity index (χ2v) is 6.96. The number of hydrogen-bond donors (Lipinski definition) is 1. The lowest BCUT2D eigenvalue weighted by Crippen LogP contribution is -2.44. The Bertz CT molecular complexity index is 798. The topological polar surface area (TPSA) is 50.8 Å². The van der Waals surface area contributed by atoms with Gasteiger partial charge in [-0.15, -0.1) is 12.4 Å². The van der Waals surface area contributed by atoms with Crippen LogP contribution in [0.3, 0.4) is 0 Å². The van der Waals surface area contributed by atoms with Gasteiger partial charge in [0.2, 0.25) is 5.91 Å². The molecule has 0 radical (unpaired) electrons. The van der Waals surface area contributed by atoms with Crippen LogP contribution in [0.15, 0.2) is 42.5 Å². The van der Waals surface area contributed by atoms with Crippen LogP contribution in [-0.4, -0.2) is 45.2 Å². The highest BCUT2D eigenvalue weighted by Gasteiger charge is 2.34. The van der Waals surface area contributed by atoms with Gasteiger partial charge in [0.25, 0.3) is 0 Å². The van der Waals surface area contributed by atoms with Crippen LogP contribution in [0.5, 0.6) is 11.5 Å². The van der Waals surface area contributed by atoms with Crippen LogP contribution in [0.25, 0.3) is 0 Å². The number of fused-ring (bicyclic) bond motifs is 1. The SMILES string of the molecule is CNCC(C)C(=O)N1CCc2cc(OC)c(OC)cc2C1c1ccccc1.Cl. The monoisotopic (exact) mass is 404 g/mol. The number of methoxy groups -OCH3 is 2. The lowest BCUT2D eigenvalue weighted by molar-refractivity contribution is -0.137. The Labute approximate surface area is 173 Å². The number of halogens is 1. The van der Waals surface area contributed by atoms with Crippen LogP contribution >= 0.6 is 12.4 Å². The molecule has 152 valence electrons. The molecule has 0 saturated heterocycles. The highest BCUT2D eigenvalue weighted by molar-refractivity contribution is 5.85. The number of hydrogen-bond acceptors (Lipinski definition) is 4. The first-order valence-electron chi connectivity index (χ1n) is 9.35. The molecule has 2 aromatic rings. The fraction of sp³-hybridized carbons (Fsp3) is 0.409. The van der Waals surface area contributed by atoms with Gasteiger partial charge in [-0.1, -0.05) is 37.3 Å². The van der Waals surface area contributed by atoms with E-state index in [1.165, 1.54) is 5.56 Å². The van der Waals surface area contributed by atoms with Gasteiger partial charge < -0.3 is 19.7 Å². The van der Waals surface area contributed by atoms with E-state index < -0.39 is 0 Å². The van der Waals surface area contributed by atoms with Crippen molar-refractivity contribution in [1.29, 1.82) is 0 Å². The van der Waals surface area contributed by atoms with Crippen LogP contribution in [0.2, 0.25) is 0 Å². The molecule has 1 amide bonds. The van der Waals surface area contributed by atoms with Crippen LogP contribution in [0.1, 0.15) is 29.7 Å². The average molecular weight is 405 g/mol. The Morgan fingerprint density at radius 2 is 1.82 bits per heavy atom. The number of nitrogens with zero attached hydrogens (tertiary/aromatic N) is 1. The highest BCUT2D eigenvalue weighted by atomic mass is 35.5.